The Morgan fingerprint density at radius 3 is 2.62 bits per heavy atom. The monoisotopic (exact) mass is 288 g/mol. The Bertz CT molecular complexity index is 539. The van der Waals surface area contributed by atoms with Gasteiger partial charge in [0.15, 0.2) is 0 Å². The van der Waals surface area contributed by atoms with E-state index in [1.165, 1.54) is 0 Å². The number of aryl methyl sites for hydroxylation is 1. The predicted molar refractivity (Wildman–Crippen MR) is 82.6 cm³/mol. The maximum Gasteiger partial charge on any atom is 0.245 e. The van der Waals surface area contributed by atoms with Crippen LogP contribution in [0.25, 0.3) is 0 Å². The molecule has 4 heteroatoms. The van der Waals surface area contributed by atoms with E-state index in [0.717, 1.165) is 11.1 Å². The van der Waals surface area contributed by atoms with Gasteiger partial charge in [-0.3, -0.25) is 9.59 Å². The molecule has 1 heterocycles. The van der Waals surface area contributed by atoms with Crippen LogP contribution in [0.4, 0.5) is 0 Å². The Morgan fingerprint density at radius 1 is 1.29 bits per heavy atom. The quantitative estimate of drug-likeness (QED) is 0.924. The first kappa shape index (κ1) is 15.5. The van der Waals surface area contributed by atoms with E-state index < -0.39 is 6.04 Å². The smallest absolute Gasteiger partial charge is 0.245 e. The van der Waals surface area contributed by atoms with Crippen LogP contribution in [0.2, 0.25) is 0 Å². The van der Waals surface area contributed by atoms with Gasteiger partial charge >= 0.3 is 0 Å². The van der Waals surface area contributed by atoms with Gasteiger partial charge in [-0.2, -0.15) is 0 Å². The van der Waals surface area contributed by atoms with Crippen LogP contribution in [0, 0.1) is 12.8 Å². The Kier molecular flexibility index (Phi) is 4.66. The first-order valence-corrected chi connectivity index (χ1v) is 7.55. The molecular formula is C17H24N2O2. The van der Waals surface area contributed by atoms with Crippen LogP contribution in [0.1, 0.15) is 38.3 Å². The number of rotatable bonds is 4. The molecule has 1 aliphatic heterocycles. The lowest BCUT2D eigenvalue weighted by Gasteiger charge is -2.38. The van der Waals surface area contributed by atoms with Crippen LogP contribution in [-0.4, -0.2) is 28.8 Å². The highest BCUT2D eigenvalue weighted by atomic mass is 16.2. The zero-order valence-electron chi connectivity index (χ0n) is 13.2. The Labute approximate surface area is 126 Å². The number of carbonyl (C=O) groups excluding carboxylic acids is 2. The first-order chi connectivity index (χ1) is 9.88. The molecule has 0 bridgehead atoms. The van der Waals surface area contributed by atoms with Crippen LogP contribution < -0.4 is 5.32 Å². The van der Waals surface area contributed by atoms with Crippen molar-refractivity contribution in [1.29, 1.82) is 0 Å². The summed E-state index contributed by atoms with van der Waals surface area (Å²) < 4.78 is 0. The fourth-order valence-corrected chi connectivity index (χ4v) is 2.79. The molecule has 21 heavy (non-hydrogen) atoms. The van der Waals surface area contributed by atoms with Gasteiger partial charge < -0.3 is 10.2 Å². The van der Waals surface area contributed by atoms with E-state index in [9.17, 15) is 9.59 Å². The Hall–Kier alpha value is -1.84. The van der Waals surface area contributed by atoms with E-state index in [1.54, 1.807) is 11.8 Å². The van der Waals surface area contributed by atoms with Crippen LogP contribution in [0.5, 0.6) is 0 Å². The van der Waals surface area contributed by atoms with Gasteiger partial charge in [-0.15, -0.1) is 0 Å². The summed E-state index contributed by atoms with van der Waals surface area (Å²) in [5.74, 6) is 0.326. The minimum atomic E-state index is -0.439. The molecule has 2 rings (SSSR count). The number of amides is 2. The van der Waals surface area contributed by atoms with Crippen LogP contribution in [0.3, 0.4) is 0 Å². The molecule has 1 aliphatic rings. The summed E-state index contributed by atoms with van der Waals surface area (Å²) in [6.45, 7) is 8.41. The lowest BCUT2D eigenvalue weighted by Crippen LogP contribution is -2.62. The fourth-order valence-electron chi connectivity index (χ4n) is 2.79. The summed E-state index contributed by atoms with van der Waals surface area (Å²) in [7, 11) is 0. The summed E-state index contributed by atoms with van der Waals surface area (Å²) in [6.07, 6.45) is 0.691. The third-order valence-corrected chi connectivity index (χ3v) is 3.82. The predicted octanol–water partition coefficient (Wildman–Crippen LogP) is 2.26. The maximum absolute atomic E-state index is 12.5. The average molecular weight is 288 g/mol. The second-order valence-corrected chi connectivity index (χ2v) is 6.33. The maximum atomic E-state index is 12.5. The van der Waals surface area contributed by atoms with Gasteiger partial charge in [0.2, 0.25) is 11.8 Å². The van der Waals surface area contributed by atoms with Gasteiger partial charge in [-0.05, 0) is 31.7 Å². The number of benzene rings is 1. The Balaban J connectivity index is 2.25. The molecule has 2 amide bonds. The van der Waals surface area contributed by atoms with Crippen molar-refractivity contribution in [2.75, 3.05) is 0 Å². The van der Waals surface area contributed by atoms with Gasteiger partial charge in [-0.25, -0.2) is 0 Å². The topological polar surface area (TPSA) is 49.4 Å². The van der Waals surface area contributed by atoms with E-state index >= 15 is 0 Å². The largest absolute Gasteiger partial charge is 0.343 e. The molecule has 0 aliphatic carbocycles. The van der Waals surface area contributed by atoms with Crippen LogP contribution in [0.15, 0.2) is 24.3 Å². The third kappa shape index (κ3) is 3.63. The van der Waals surface area contributed by atoms with Crippen molar-refractivity contribution < 1.29 is 9.59 Å². The van der Waals surface area contributed by atoms with Gasteiger partial charge in [0.05, 0.1) is 0 Å². The SMILES string of the molecule is Cc1cccc(CN2C(=O)C(C)NC(=O)C2CC(C)C)c1. The van der Waals surface area contributed by atoms with Gasteiger partial charge in [-0.1, -0.05) is 43.7 Å². The number of hydrogen-bond acceptors (Lipinski definition) is 2. The molecule has 1 aromatic rings. The molecule has 1 fully saturated rings. The molecule has 114 valence electrons. The van der Waals surface area contributed by atoms with Crippen molar-refractivity contribution in [2.45, 2.75) is 52.7 Å². The zero-order chi connectivity index (χ0) is 15.6. The molecular weight excluding hydrogens is 264 g/mol. The normalized spacial score (nSPS) is 22.6. The first-order valence-electron chi connectivity index (χ1n) is 7.55. The minimum Gasteiger partial charge on any atom is -0.343 e. The molecule has 2 unspecified atom stereocenters. The second kappa shape index (κ2) is 6.29. The highest BCUT2D eigenvalue weighted by Crippen LogP contribution is 2.20. The van der Waals surface area contributed by atoms with E-state index in [0.29, 0.717) is 18.9 Å². The standard InChI is InChI=1S/C17H24N2O2/c1-11(2)8-15-16(20)18-13(4)17(21)19(15)10-14-7-5-6-12(3)9-14/h5-7,9,11,13,15H,8,10H2,1-4H3,(H,18,20). The van der Waals surface area contributed by atoms with Crippen molar-refractivity contribution in [2.24, 2.45) is 5.92 Å². The van der Waals surface area contributed by atoms with Gasteiger partial charge in [0, 0.05) is 6.54 Å². The Morgan fingerprint density at radius 2 is 2.00 bits per heavy atom. The average Bonchev–Trinajstić information content (AvgIpc) is 2.40. The number of nitrogens with one attached hydrogen (secondary N) is 1. The summed E-state index contributed by atoms with van der Waals surface area (Å²) >= 11 is 0. The van der Waals surface area contributed by atoms with Gasteiger partial charge in [0.1, 0.15) is 12.1 Å². The van der Waals surface area contributed by atoms with Crippen molar-refractivity contribution >= 4 is 11.8 Å². The van der Waals surface area contributed by atoms with Crippen molar-refractivity contribution in [3.63, 3.8) is 0 Å². The third-order valence-electron chi connectivity index (χ3n) is 3.82. The number of piperazine rings is 1. The minimum absolute atomic E-state index is 0.00163. The highest BCUT2D eigenvalue weighted by Gasteiger charge is 2.38. The van der Waals surface area contributed by atoms with Crippen molar-refractivity contribution in [3.05, 3.63) is 35.4 Å². The van der Waals surface area contributed by atoms with Crippen LogP contribution >= 0.6 is 0 Å². The van der Waals surface area contributed by atoms with Gasteiger partial charge in [0.25, 0.3) is 0 Å². The summed E-state index contributed by atoms with van der Waals surface area (Å²) in [5.41, 5.74) is 2.23. The number of hydrogen-bond donors (Lipinski definition) is 1. The van der Waals surface area contributed by atoms with E-state index in [-0.39, 0.29) is 17.9 Å². The molecule has 0 aromatic heterocycles. The molecule has 0 radical (unpaired) electrons. The molecule has 2 atom stereocenters. The molecule has 4 nitrogen and oxygen atoms in total. The summed E-state index contributed by atoms with van der Waals surface area (Å²) in [4.78, 5) is 26.4. The lowest BCUT2D eigenvalue weighted by atomic mass is 9.97. The van der Waals surface area contributed by atoms with E-state index in [2.05, 4.69) is 25.2 Å². The van der Waals surface area contributed by atoms with E-state index in [4.69, 9.17) is 0 Å². The molecule has 1 aromatic carbocycles. The van der Waals surface area contributed by atoms with Crippen molar-refractivity contribution in [1.82, 2.24) is 10.2 Å². The zero-order valence-corrected chi connectivity index (χ0v) is 13.2. The number of carbonyl (C=O) groups is 2. The highest BCUT2D eigenvalue weighted by molar-refractivity contribution is 5.96. The fraction of sp³-hybridized carbons (Fsp3) is 0.529. The second-order valence-electron chi connectivity index (χ2n) is 6.33. The number of nitrogens with zero attached hydrogens (tertiary/aromatic N) is 1. The molecule has 1 saturated heterocycles. The summed E-state index contributed by atoms with van der Waals surface area (Å²) in [6, 6.07) is 7.28. The van der Waals surface area contributed by atoms with Crippen molar-refractivity contribution in [3.8, 4) is 0 Å². The molecule has 1 N–H and O–H groups in total. The lowest BCUT2D eigenvalue weighted by molar-refractivity contribution is -0.150. The van der Waals surface area contributed by atoms with Crippen LogP contribution in [-0.2, 0) is 16.1 Å². The van der Waals surface area contributed by atoms with E-state index in [1.807, 2.05) is 25.1 Å². The summed E-state index contributed by atoms with van der Waals surface area (Å²) in [5, 5.41) is 2.78. The molecule has 0 saturated carbocycles. The molecule has 0 spiro atoms.